The van der Waals surface area contributed by atoms with Crippen molar-refractivity contribution in [1.82, 2.24) is 0 Å². The van der Waals surface area contributed by atoms with E-state index in [1.165, 1.54) is 0 Å². The molecule has 0 saturated heterocycles. The quantitative estimate of drug-likeness (QED) is 0.558. The maximum atomic E-state index is 9.45. The van der Waals surface area contributed by atoms with Gasteiger partial charge in [0.05, 0.1) is 0 Å². The molecule has 0 aromatic heterocycles. The Morgan fingerprint density at radius 1 is 0.647 bits per heavy atom. The van der Waals surface area contributed by atoms with E-state index in [-0.39, 0.29) is 0 Å². The lowest BCUT2D eigenvalue weighted by molar-refractivity contribution is -0.179. The lowest BCUT2D eigenvalue weighted by Crippen LogP contribution is -2.37. The van der Waals surface area contributed by atoms with Crippen molar-refractivity contribution in [3.05, 3.63) is 0 Å². The highest BCUT2D eigenvalue weighted by molar-refractivity contribution is 8.00. The predicted molar refractivity (Wildman–Crippen MR) is 66.4 cm³/mol. The van der Waals surface area contributed by atoms with Crippen LogP contribution in [0.5, 0.6) is 0 Å². The van der Waals surface area contributed by atoms with Crippen LogP contribution in [0, 0.1) is 0 Å². The summed E-state index contributed by atoms with van der Waals surface area (Å²) in [6.07, 6.45) is 5.22. The minimum Gasteiger partial charge on any atom is -0.366 e. The Morgan fingerprint density at radius 3 is 1.24 bits per heavy atom. The first-order valence-corrected chi connectivity index (χ1v) is 7.36. The van der Waals surface area contributed by atoms with Gasteiger partial charge in [0.25, 0.3) is 0 Å². The van der Waals surface area contributed by atoms with Gasteiger partial charge >= 0.3 is 0 Å². The number of aliphatic hydroxyl groups is 4. The first-order valence-electron chi connectivity index (χ1n) is 6.41. The van der Waals surface area contributed by atoms with Crippen molar-refractivity contribution < 1.29 is 20.4 Å². The summed E-state index contributed by atoms with van der Waals surface area (Å²) in [5.74, 6) is -2.90. The van der Waals surface area contributed by atoms with Gasteiger partial charge in [-0.1, -0.05) is 0 Å². The van der Waals surface area contributed by atoms with Gasteiger partial charge in [0, 0.05) is 36.2 Å². The van der Waals surface area contributed by atoms with Crippen molar-refractivity contribution in [2.45, 2.75) is 73.4 Å². The molecular formula is C12H22O4S. The summed E-state index contributed by atoms with van der Waals surface area (Å²) in [4.78, 5) is 0. The van der Waals surface area contributed by atoms with Crippen molar-refractivity contribution in [3.63, 3.8) is 0 Å². The fourth-order valence-corrected chi connectivity index (χ4v) is 4.21. The predicted octanol–water partition coefficient (Wildman–Crippen LogP) is 0.967. The molecule has 2 fully saturated rings. The molecule has 0 aromatic rings. The molecular weight excluding hydrogens is 240 g/mol. The minimum absolute atomic E-state index is 0.460. The molecule has 2 aliphatic rings. The maximum absolute atomic E-state index is 9.45. The third-order valence-electron chi connectivity index (χ3n) is 3.85. The third kappa shape index (κ3) is 4.10. The van der Waals surface area contributed by atoms with Gasteiger partial charge in [-0.25, -0.2) is 0 Å². The van der Waals surface area contributed by atoms with Gasteiger partial charge in [0.15, 0.2) is 11.6 Å². The molecule has 0 heterocycles. The Balaban J connectivity index is 1.72. The van der Waals surface area contributed by atoms with Crippen molar-refractivity contribution in [2.24, 2.45) is 0 Å². The summed E-state index contributed by atoms with van der Waals surface area (Å²) in [6.45, 7) is 0. The summed E-state index contributed by atoms with van der Waals surface area (Å²) in [6, 6.07) is 0. The van der Waals surface area contributed by atoms with Crippen LogP contribution in [-0.4, -0.2) is 42.5 Å². The van der Waals surface area contributed by atoms with Gasteiger partial charge in [-0.15, -0.1) is 0 Å². The SMILES string of the molecule is OC1(O)CCC(SC2CCC(O)(O)CC2)CC1. The van der Waals surface area contributed by atoms with Gasteiger partial charge in [0.2, 0.25) is 0 Å². The van der Waals surface area contributed by atoms with E-state index in [1.54, 1.807) is 0 Å². The van der Waals surface area contributed by atoms with Crippen LogP contribution in [-0.2, 0) is 0 Å². The Hall–Kier alpha value is 0.190. The lowest BCUT2D eigenvalue weighted by atomic mass is 9.93. The van der Waals surface area contributed by atoms with Crippen LogP contribution in [0.25, 0.3) is 0 Å². The molecule has 0 unspecified atom stereocenters. The average Bonchev–Trinajstić information content (AvgIpc) is 2.24. The Bertz CT molecular complexity index is 221. The summed E-state index contributed by atoms with van der Waals surface area (Å²) < 4.78 is 0. The van der Waals surface area contributed by atoms with Crippen molar-refractivity contribution in [2.75, 3.05) is 0 Å². The molecule has 0 aliphatic heterocycles. The summed E-state index contributed by atoms with van der Waals surface area (Å²) in [5.41, 5.74) is 0. The fourth-order valence-electron chi connectivity index (χ4n) is 2.65. The zero-order chi connectivity index (χ0) is 12.5. The normalized spacial score (nSPS) is 30.4. The Morgan fingerprint density at radius 2 is 0.941 bits per heavy atom. The topological polar surface area (TPSA) is 80.9 Å². The highest BCUT2D eigenvalue weighted by Gasteiger charge is 2.35. The van der Waals surface area contributed by atoms with Crippen molar-refractivity contribution in [3.8, 4) is 0 Å². The molecule has 0 radical (unpaired) electrons. The number of rotatable bonds is 2. The molecule has 17 heavy (non-hydrogen) atoms. The van der Waals surface area contributed by atoms with E-state index in [1.807, 2.05) is 11.8 Å². The monoisotopic (exact) mass is 262 g/mol. The van der Waals surface area contributed by atoms with Crippen LogP contribution in [0.4, 0.5) is 0 Å². The molecule has 4 nitrogen and oxygen atoms in total. The highest BCUT2D eigenvalue weighted by atomic mass is 32.2. The molecule has 0 spiro atoms. The molecule has 0 bridgehead atoms. The third-order valence-corrected chi connectivity index (χ3v) is 5.56. The van der Waals surface area contributed by atoms with Crippen LogP contribution in [0.3, 0.4) is 0 Å². The van der Waals surface area contributed by atoms with Crippen LogP contribution in [0.1, 0.15) is 51.4 Å². The summed E-state index contributed by atoms with van der Waals surface area (Å²) >= 11 is 1.90. The molecule has 100 valence electrons. The molecule has 2 rings (SSSR count). The number of thioether (sulfide) groups is 1. The second-order valence-corrected chi connectivity index (χ2v) is 7.11. The van der Waals surface area contributed by atoms with Gasteiger partial charge in [-0.3, -0.25) is 0 Å². The molecule has 0 amide bonds. The van der Waals surface area contributed by atoms with Gasteiger partial charge in [-0.2, -0.15) is 11.8 Å². The smallest absolute Gasteiger partial charge is 0.162 e. The molecule has 2 saturated carbocycles. The van der Waals surface area contributed by atoms with Crippen molar-refractivity contribution in [1.29, 1.82) is 0 Å². The zero-order valence-corrected chi connectivity index (χ0v) is 10.8. The average molecular weight is 262 g/mol. The maximum Gasteiger partial charge on any atom is 0.162 e. The first kappa shape index (κ1) is 13.6. The zero-order valence-electron chi connectivity index (χ0n) is 10.0. The van der Waals surface area contributed by atoms with Crippen molar-refractivity contribution >= 4 is 11.8 Å². The standard InChI is InChI=1S/C12H22O4S/c13-11(14)5-1-9(2-6-11)17-10-3-7-12(15,16)8-4-10/h9-10,13-16H,1-8H2. The van der Waals surface area contributed by atoms with Crippen LogP contribution in [0.15, 0.2) is 0 Å². The van der Waals surface area contributed by atoms with E-state index in [0.29, 0.717) is 36.2 Å². The van der Waals surface area contributed by atoms with E-state index < -0.39 is 11.6 Å². The van der Waals surface area contributed by atoms with E-state index in [2.05, 4.69) is 0 Å². The molecule has 0 aromatic carbocycles. The van der Waals surface area contributed by atoms with E-state index in [4.69, 9.17) is 0 Å². The van der Waals surface area contributed by atoms with Crippen LogP contribution in [0.2, 0.25) is 0 Å². The van der Waals surface area contributed by atoms with Gasteiger partial charge in [0.1, 0.15) is 0 Å². The minimum atomic E-state index is -1.45. The first-order chi connectivity index (χ1) is 7.86. The lowest BCUT2D eigenvalue weighted by Gasteiger charge is -2.36. The van der Waals surface area contributed by atoms with Gasteiger partial charge in [-0.05, 0) is 25.7 Å². The highest BCUT2D eigenvalue weighted by Crippen LogP contribution is 2.40. The van der Waals surface area contributed by atoms with E-state index in [0.717, 1.165) is 25.7 Å². The fraction of sp³-hybridized carbons (Fsp3) is 1.00. The second-order valence-electron chi connectivity index (χ2n) is 5.50. The van der Waals surface area contributed by atoms with E-state index in [9.17, 15) is 20.4 Å². The molecule has 5 heteroatoms. The number of hydrogen-bond donors (Lipinski definition) is 4. The van der Waals surface area contributed by atoms with E-state index >= 15 is 0 Å². The molecule has 2 aliphatic carbocycles. The summed E-state index contributed by atoms with van der Waals surface area (Å²) in [5, 5.41) is 38.8. The van der Waals surface area contributed by atoms with Gasteiger partial charge < -0.3 is 20.4 Å². The Kier molecular flexibility index (Phi) is 4.05. The number of hydrogen-bond acceptors (Lipinski definition) is 5. The molecule has 0 atom stereocenters. The Labute approximate surface area is 106 Å². The van der Waals surface area contributed by atoms with Crippen LogP contribution < -0.4 is 0 Å². The second kappa shape index (κ2) is 5.05. The summed E-state index contributed by atoms with van der Waals surface area (Å²) in [7, 11) is 0. The van der Waals surface area contributed by atoms with Crippen LogP contribution >= 0.6 is 11.8 Å². The largest absolute Gasteiger partial charge is 0.366 e. The molecule has 4 N–H and O–H groups in total.